The van der Waals surface area contributed by atoms with Gasteiger partial charge in [0.2, 0.25) is 0 Å². The Morgan fingerprint density at radius 1 is 1.09 bits per heavy atom. The smallest absolute Gasteiger partial charge is 0.309 e. The zero-order valence-electron chi connectivity index (χ0n) is 21.5. The number of aryl methyl sites for hydroxylation is 1. The molecule has 5 nitrogen and oxygen atoms in total. The first kappa shape index (κ1) is 26.1. The van der Waals surface area contributed by atoms with Crippen molar-refractivity contribution >= 4 is 29.2 Å². The average molecular weight is 476 g/mol. The number of ether oxygens (including phenoxy) is 2. The Bertz CT molecular complexity index is 904. The second-order valence-corrected chi connectivity index (χ2v) is 11.9. The fourth-order valence-electron chi connectivity index (χ4n) is 5.05. The molecule has 0 aliphatic carbocycles. The van der Waals surface area contributed by atoms with E-state index in [9.17, 15) is 9.59 Å². The van der Waals surface area contributed by atoms with Gasteiger partial charge in [-0.15, -0.1) is 11.3 Å². The minimum atomic E-state index is -0.888. The fraction of sp³-hybridized carbons (Fsp3) is 0.741. The molecule has 33 heavy (non-hydrogen) atoms. The Balaban J connectivity index is 1.96. The topological polar surface area (TPSA) is 68.8 Å². The lowest BCUT2D eigenvalue weighted by molar-refractivity contribution is -0.174. The van der Waals surface area contributed by atoms with Gasteiger partial charge >= 0.3 is 5.97 Å². The summed E-state index contributed by atoms with van der Waals surface area (Å²) in [5.41, 5.74) is 0.0861. The number of carbonyl (C=O) groups excluding carboxylic acids is 2. The van der Waals surface area contributed by atoms with Crippen LogP contribution in [0.4, 0.5) is 0 Å². The number of thiazole rings is 1. The van der Waals surface area contributed by atoms with Gasteiger partial charge < -0.3 is 9.47 Å². The van der Waals surface area contributed by atoms with Crippen molar-refractivity contribution in [1.29, 1.82) is 0 Å². The molecule has 4 unspecified atom stereocenters. The Morgan fingerprint density at radius 2 is 1.79 bits per heavy atom. The molecule has 0 N–H and O–H groups in total. The number of hydrogen-bond donors (Lipinski definition) is 0. The van der Waals surface area contributed by atoms with Crippen LogP contribution in [0, 0.1) is 18.3 Å². The molecule has 1 aromatic heterocycles. The highest BCUT2D eigenvalue weighted by Crippen LogP contribution is 2.59. The lowest BCUT2D eigenvalue weighted by Gasteiger charge is -2.47. The monoisotopic (exact) mass is 475 g/mol. The van der Waals surface area contributed by atoms with E-state index < -0.39 is 11.0 Å². The first-order valence-corrected chi connectivity index (χ1v) is 13.3. The van der Waals surface area contributed by atoms with Gasteiger partial charge in [0, 0.05) is 23.6 Å². The second-order valence-electron chi connectivity index (χ2n) is 10.8. The largest absolute Gasteiger partial charge is 0.454 e. The molecule has 3 heterocycles. The van der Waals surface area contributed by atoms with E-state index in [4.69, 9.17) is 9.47 Å². The van der Waals surface area contributed by atoms with Crippen molar-refractivity contribution in [1.82, 2.24) is 4.98 Å². The molecule has 1 aromatic rings. The van der Waals surface area contributed by atoms with Gasteiger partial charge in [0.25, 0.3) is 0 Å². The maximum atomic E-state index is 13.3. The van der Waals surface area contributed by atoms with E-state index in [1.54, 1.807) is 11.3 Å². The van der Waals surface area contributed by atoms with E-state index >= 15 is 0 Å². The third-order valence-electron chi connectivity index (χ3n) is 8.37. The van der Waals surface area contributed by atoms with Crippen molar-refractivity contribution in [3.63, 3.8) is 0 Å². The number of hydrogen-bond acceptors (Lipinski definition) is 6. The van der Waals surface area contributed by atoms with Crippen molar-refractivity contribution < 1.29 is 19.1 Å². The van der Waals surface area contributed by atoms with Crippen LogP contribution in [0.2, 0.25) is 0 Å². The average Bonchev–Trinajstić information content (AvgIpc) is 3.25. The van der Waals surface area contributed by atoms with Gasteiger partial charge in [-0.05, 0) is 58.6 Å². The number of nitrogens with zero attached hydrogens (tertiary/aromatic N) is 1. The molecule has 0 aromatic carbocycles. The molecule has 0 radical (unpaired) electrons. The van der Waals surface area contributed by atoms with Gasteiger partial charge in [0.15, 0.2) is 0 Å². The fourth-order valence-corrected chi connectivity index (χ4v) is 5.62. The quantitative estimate of drug-likeness (QED) is 0.352. The zero-order chi connectivity index (χ0) is 24.4. The molecular weight excluding hydrogens is 434 g/mol. The molecule has 2 fully saturated rings. The normalized spacial score (nSPS) is 34.5. The number of Topliss-reactive ketones (excluding diaryl/α,β-unsaturated/α-hetero) is 1. The molecule has 0 saturated carbocycles. The predicted molar refractivity (Wildman–Crippen MR) is 133 cm³/mol. The highest BCUT2D eigenvalue weighted by atomic mass is 32.1. The summed E-state index contributed by atoms with van der Waals surface area (Å²) >= 11 is 1.61. The second kappa shape index (κ2) is 9.99. The number of ketones is 1. The summed E-state index contributed by atoms with van der Waals surface area (Å²) in [6.45, 7) is 14.4. The molecule has 3 rings (SSSR count). The summed E-state index contributed by atoms with van der Waals surface area (Å²) in [5.74, 6) is -0.346. The molecule has 2 aliphatic heterocycles. The highest BCUT2D eigenvalue weighted by molar-refractivity contribution is 7.09. The van der Waals surface area contributed by atoms with Crippen LogP contribution in [-0.4, -0.2) is 34.0 Å². The third-order valence-corrected chi connectivity index (χ3v) is 9.16. The molecule has 2 saturated heterocycles. The van der Waals surface area contributed by atoms with E-state index in [0.29, 0.717) is 19.3 Å². The maximum absolute atomic E-state index is 13.3. The number of cyclic esters (lactones) is 1. The summed E-state index contributed by atoms with van der Waals surface area (Å²) < 4.78 is 12.7. The van der Waals surface area contributed by atoms with E-state index in [1.165, 1.54) is 0 Å². The summed E-state index contributed by atoms with van der Waals surface area (Å²) in [4.78, 5) is 30.2. The third kappa shape index (κ3) is 5.43. The van der Waals surface area contributed by atoms with Crippen LogP contribution >= 0.6 is 11.3 Å². The van der Waals surface area contributed by atoms with Gasteiger partial charge in [-0.1, -0.05) is 40.0 Å². The van der Waals surface area contributed by atoms with Crippen molar-refractivity contribution in [3.05, 3.63) is 21.7 Å². The summed E-state index contributed by atoms with van der Waals surface area (Å²) in [6.07, 6.45) is 8.96. The van der Waals surface area contributed by atoms with Gasteiger partial charge in [0.05, 0.1) is 22.7 Å². The van der Waals surface area contributed by atoms with Crippen LogP contribution in [0.3, 0.4) is 0 Å². The Labute approximate surface area is 203 Å². The number of esters is 1. The lowest BCUT2D eigenvalue weighted by Crippen LogP contribution is -2.55. The molecule has 184 valence electrons. The number of carbonyl (C=O) groups is 2. The minimum Gasteiger partial charge on any atom is -0.454 e. The lowest BCUT2D eigenvalue weighted by atomic mass is 9.63. The molecular formula is C27H41NO4S. The van der Waals surface area contributed by atoms with Gasteiger partial charge in [-0.2, -0.15) is 0 Å². The summed E-state index contributed by atoms with van der Waals surface area (Å²) in [7, 11) is 0. The number of fused-ring (bicyclic) bond motifs is 1. The zero-order valence-corrected chi connectivity index (χ0v) is 22.3. The maximum Gasteiger partial charge on any atom is 0.309 e. The van der Waals surface area contributed by atoms with Crippen LogP contribution < -0.4 is 0 Å². The van der Waals surface area contributed by atoms with E-state index in [-0.39, 0.29) is 29.4 Å². The minimum absolute atomic E-state index is 0.145. The van der Waals surface area contributed by atoms with Gasteiger partial charge in [0.1, 0.15) is 17.0 Å². The van der Waals surface area contributed by atoms with Gasteiger partial charge in [-0.25, -0.2) is 4.98 Å². The Morgan fingerprint density at radius 3 is 2.45 bits per heavy atom. The molecule has 0 spiro atoms. The van der Waals surface area contributed by atoms with Crippen LogP contribution in [0.5, 0.6) is 0 Å². The van der Waals surface area contributed by atoms with Crippen molar-refractivity contribution in [2.45, 2.75) is 117 Å². The molecule has 0 amide bonds. The molecule has 6 heteroatoms. The predicted octanol–water partition coefficient (Wildman–Crippen LogP) is 6.68. The van der Waals surface area contributed by atoms with Crippen LogP contribution in [-0.2, 0) is 19.1 Å². The van der Waals surface area contributed by atoms with E-state index in [0.717, 1.165) is 48.4 Å². The number of epoxide rings is 1. The van der Waals surface area contributed by atoms with E-state index in [1.807, 2.05) is 39.2 Å². The Hall–Kier alpha value is -1.53. The SMILES string of the molecule is CC(=Cc1csc(C)n1)C1(C)OC(=O)C(C)CCC(=O)CCCCCCC2OC2(C)C1(C)C. The van der Waals surface area contributed by atoms with Gasteiger partial charge in [-0.3, -0.25) is 9.59 Å². The summed E-state index contributed by atoms with van der Waals surface area (Å²) in [6, 6.07) is 0. The van der Waals surface area contributed by atoms with Crippen LogP contribution in [0.25, 0.3) is 6.08 Å². The number of rotatable bonds is 2. The first-order valence-electron chi connectivity index (χ1n) is 12.4. The standard InChI is InChI=1S/C27H41NO4S/c1-18-14-15-22(29)12-10-8-9-11-13-23-27(7,31-23)25(4,5)26(6,32-24(18)30)19(2)16-21-17-33-20(3)28-21/h16-18,23H,8-15H2,1-7H3. The van der Waals surface area contributed by atoms with Crippen molar-refractivity contribution in [2.24, 2.45) is 11.3 Å². The Kier molecular flexibility index (Phi) is 7.89. The van der Waals surface area contributed by atoms with Crippen molar-refractivity contribution in [2.75, 3.05) is 0 Å². The number of aromatic nitrogens is 1. The molecule has 4 atom stereocenters. The van der Waals surface area contributed by atoms with Crippen LogP contribution in [0.15, 0.2) is 11.0 Å². The van der Waals surface area contributed by atoms with Crippen LogP contribution in [0.1, 0.15) is 104 Å². The molecule has 0 bridgehead atoms. The highest BCUT2D eigenvalue weighted by Gasteiger charge is 2.68. The van der Waals surface area contributed by atoms with Crippen molar-refractivity contribution in [3.8, 4) is 0 Å². The molecule has 2 aliphatic rings. The van der Waals surface area contributed by atoms with E-state index in [2.05, 4.69) is 25.8 Å². The summed E-state index contributed by atoms with van der Waals surface area (Å²) in [5, 5.41) is 3.03. The first-order chi connectivity index (χ1) is 15.4.